The largest absolute Gasteiger partial charge is 0.484 e. The minimum atomic E-state index is -0.407. The van der Waals surface area contributed by atoms with Crippen LogP contribution in [0.3, 0.4) is 0 Å². The molecule has 0 aliphatic carbocycles. The molecule has 0 saturated carbocycles. The van der Waals surface area contributed by atoms with Gasteiger partial charge in [-0.25, -0.2) is 4.98 Å². The summed E-state index contributed by atoms with van der Waals surface area (Å²) in [7, 11) is 0. The standard InChI is InChI=1S/C23H17N3O4S/c27-22-20(31-23(28)26-22)9-14-8-16-6-7-17(10-18(16)24-11-14)29-13-21-25-19(12-30-21)15-4-2-1-3-5-15/h1-8,10-12,20H,9,13H2,(H,26,27,28). The van der Waals surface area contributed by atoms with E-state index in [1.54, 1.807) is 12.5 Å². The lowest BCUT2D eigenvalue weighted by molar-refractivity contribution is -0.118. The number of hydrogen-bond donors (Lipinski definition) is 1. The van der Waals surface area contributed by atoms with Crippen LogP contribution in [0.1, 0.15) is 11.5 Å². The van der Waals surface area contributed by atoms with Gasteiger partial charge in [-0.05, 0) is 30.2 Å². The number of nitrogens with zero attached hydrogens (tertiary/aromatic N) is 2. The first-order chi connectivity index (χ1) is 15.1. The lowest BCUT2D eigenvalue weighted by Crippen LogP contribution is -2.25. The average molecular weight is 431 g/mol. The van der Waals surface area contributed by atoms with Gasteiger partial charge in [-0.15, -0.1) is 0 Å². The van der Waals surface area contributed by atoms with Gasteiger partial charge in [-0.2, -0.15) is 0 Å². The van der Waals surface area contributed by atoms with Gasteiger partial charge in [0.2, 0.25) is 11.8 Å². The van der Waals surface area contributed by atoms with Crippen LogP contribution >= 0.6 is 11.8 Å². The first-order valence-corrected chi connectivity index (χ1v) is 10.5. The summed E-state index contributed by atoms with van der Waals surface area (Å²) in [5, 5.41) is 2.53. The van der Waals surface area contributed by atoms with E-state index < -0.39 is 5.25 Å². The van der Waals surface area contributed by atoms with Crippen LogP contribution in [0.25, 0.3) is 22.2 Å². The molecule has 1 atom stereocenters. The normalized spacial score (nSPS) is 15.9. The second-order valence-corrected chi connectivity index (χ2v) is 8.24. The smallest absolute Gasteiger partial charge is 0.286 e. The van der Waals surface area contributed by atoms with Gasteiger partial charge >= 0.3 is 0 Å². The van der Waals surface area contributed by atoms with Gasteiger partial charge in [0.05, 0.1) is 10.8 Å². The summed E-state index contributed by atoms with van der Waals surface area (Å²) < 4.78 is 11.3. The molecule has 3 heterocycles. The van der Waals surface area contributed by atoms with Crippen molar-refractivity contribution >= 4 is 33.8 Å². The monoisotopic (exact) mass is 431 g/mol. The Balaban J connectivity index is 1.25. The minimum absolute atomic E-state index is 0.207. The van der Waals surface area contributed by atoms with Crippen LogP contribution in [0.5, 0.6) is 5.75 Å². The van der Waals surface area contributed by atoms with Crippen molar-refractivity contribution in [1.82, 2.24) is 15.3 Å². The molecule has 31 heavy (non-hydrogen) atoms. The topological polar surface area (TPSA) is 94.3 Å². The van der Waals surface area contributed by atoms with E-state index >= 15 is 0 Å². The number of pyridine rings is 1. The number of hydrogen-bond acceptors (Lipinski definition) is 7. The number of amides is 2. The molecule has 0 spiro atoms. The van der Waals surface area contributed by atoms with E-state index in [1.165, 1.54) is 0 Å². The number of ether oxygens (including phenoxy) is 1. The van der Waals surface area contributed by atoms with E-state index in [1.807, 2.05) is 54.6 Å². The molecule has 5 rings (SSSR count). The Bertz CT molecular complexity index is 1270. The number of nitrogens with one attached hydrogen (secondary N) is 1. The van der Waals surface area contributed by atoms with E-state index in [4.69, 9.17) is 9.15 Å². The SMILES string of the molecule is O=C1NC(=O)C(Cc2cnc3cc(OCc4nc(-c5ccccc5)co4)ccc3c2)S1. The zero-order chi connectivity index (χ0) is 21.2. The van der Waals surface area contributed by atoms with Crippen LogP contribution in [-0.4, -0.2) is 26.4 Å². The summed E-state index contributed by atoms with van der Waals surface area (Å²) in [6.07, 6.45) is 3.80. The van der Waals surface area contributed by atoms with Gasteiger partial charge in [0.1, 0.15) is 17.7 Å². The maximum absolute atomic E-state index is 11.8. The van der Waals surface area contributed by atoms with Gasteiger partial charge in [0.25, 0.3) is 5.24 Å². The van der Waals surface area contributed by atoms with Crippen molar-refractivity contribution in [3.63, 3.8) is 0 Å². The van der Waals surface area contributed by atoms with E-state index in [0.717, 1.165) is 39.5 Å². The Morgan fingerprint density at radius 2 is 1.97 bits per heavy atom. The molecule has 7 nitrogen and oxygen atoms in total. The number of benzene rings is 2. The maximum atomic E-state index is 11.8. The summed E-state index contributed by atoms with van der Waals surface area (Å²) in [5.41, 5.74) is 3.43. The highest BCUT2D eigenvalue weighted by Gasteiger charge is 2.31. The Labute approximate surface area is 181 Å². The van der Waals surface area contributed by atoms with Crippen LogP contribution < -0.4 is 10.1 Å². The van der Waals surface area contributed by atoms with Gasteiger partial charge in [0, 0.05) is 23.2 Å². The molecule has 0 radical (unpaired) electrons. The molecule has 1 fully saturated rings. The third kappa shape index (κ3) is 4.29. The number of rotatable bonds is 6. The number of oxazole rings is 1. The molecule has 4 aromatic rings. The number of carbonyl (C=O) groups excluding carboxylic acids is 2. The fourth-order valence-corrected chi connectivity index (χ4v) is 4.21. The van der Waals surface area contributed by atoms with Crippen molar-refractivity contribution in [3.05, 3.63) is 78.5 Å². The Morgan fingerprint density at radius 1 is 1.10 bits per heavy atom. The zero-order valence-corrected chi connectivity index (χ0v) is 17.1. The third-order valence-electron chi connectivity index (χ3n) is 4.88. The van der Waals surface area contributed by atoms with Crippen molar-refractivity contribution < 1.29 is 18.7 Å². The van der Waals surface area contributed by atoms with Crippen molar-refractivity contribution in [1.29, 1.82) is 0 Å². The van der Waals surface area contributed by atoms with E-state index in [9.17, 15) is 9.59 Å². The van der Waals surface area contributed by atoms with Crippen molar-refractivity contribution in [2.45, 2.75) is 18.3 Å². The third-order valence-corrected chi connectivity index (χ3v) is 5.87. The number of imide groups is 1. The van der Waals surface area contributed by atoms with E-state index in [-0.39, 0.29) is 17.8 Å². The Hall–Kier alpha value is -3.65. The lowest BCUT2D eigenvalue weighted by atomic mass is 10.1. The number of carbonyl (C=O) groups is 2. The molecule has 2 amide bonds. The van der Waals surface area contributed by atoms with E-state index in [0.29, 0.717) is 18.1 Å². The second-order valence-electron chi connectivity index (χ2n) is 7.07. The van der Waals surface area contributed by atoms with Crippen LogP contribution in [0, 0.1) is 0 Å². The zero-order valence-electron chi connectivity index (χ0n) is 16.3. The summed E-state index contributed by atoms with van der Waals surface area (Å²) in [5.74, 6) is 0.897. The fraction of sp³-hybridized carbons (Fsp3) is 0.130. The molecule has 1 aliphatic rings. The molecule has 1 saturated heterocycles. The summed E-state index contributed by atoms with van der Waals surface area (Å²) in [6, 6.07) is 17.4. The van der Waals surface area contributed by atoms with Crippen molar-refractivity contribution in [2.75, 3.05) is 0 Å². The van der Waals surface area contributed by atoms with Gasteiger partial charge < -0.3 is 9.15 Å². The first kappa shape index (κ1) is 19.3. The van der Waals surface area contributed by atoms with Gasteiger partial charge in [-0.3, -0.25) is 19.9 Å². The van der Waals surface area contributed by atoms with Gasteiger partial charge in [0.15, 0.2) is 6.61 Å². The predicted molar refractivity (Wildman–Crippen MR) is 117 cm³/mol. The van der Waals surface area contributed by atoms with Crippen molar-refractivity contribution in [3.8, 4) is 17.0 Å². The minimum Gasteiger partial charge on any atom is -0.484 e. The molecule has 2 aromatic carbocycles. The van der Waals surface area contributed by atoms with Crippen LogP contribution in [0.15, 0.2) is 71.5 Å². The lowest BCUT2D eigenvalue weighted by Gasteiger charge is -2.08. The molecule has 1 N–H and O–H groups in total. The quantitative estimate of drug-likeness (QED) is 0.485. The van der Waals surface area contributed by atoms with Gasteiger partial charge in [-0.1, -0.05) is 42.1 Å². The van der Waals surface area contributed by atoms with Crippen LogP contribution in [0.4, 0.5) is 4.79 Å². The number of thioether (sulfide) groups is 1. The maximum Gasteiger partial charge on any atom is 0.286 e. The number of aromatic nitrogens is 2. The molecule has 1 aliphatic heterocycles. The molecule has 154 valence electrons. The Kier molecular flexibility index (Phi) is 5.13. The second kappa shape index (κ2) is 8.23. The fourth-order valence-electron chi connectivity index (χ4n) is 3.35. The summed E-state index contributed by atoms with van der Waals surface area (Å²) >= 11 is 1.02. The average Bonchev–Trinajstić information content (AvgIpc) is 3.39. The van der Waals surface area contributed by atoms with Crippen LogP contribution in [0.2, 0.25) is 0 Å². The summed E-state index contributed by atoms with van der Waals surface area (Å²) in [6.45, 7) is 0.207. The predicted octanol–water partition coefficient (Wildman–Crippen LogP) is 4.36. The molecular formula is C23H17N3O4S. The molecule has 2 aromatic heterocycles. The Morgan fingerprint density at radius 3 is 2.77 bits per heavy atom. The first-order valence-electron chi connectivity index (χ1n) is 9.67. The van der Waals surface area contributed by atoms with Crippen molar-refractivity contribution in [2.24, 2.45) is 0 Å². The molecule has 1 unspecified atom stereocenters. The highest BCUT2D eigenvalue weighted by atomic mass is 32.2. The molecular weight excluding hydrogens is 414 g/mol. The van der Waals surface area contributed by atoms with E-state index in [2.05, 4.69) is 15.3 Å². The molecule has 8 heteroatoms. The summed E-state index contributed by atoms with van der Waals surface area (Å²) in [4.78, 5) is 32.0. The highest BCUT2D eigenvalue weighted by Crippen LogP contribution is 2.26. The number of fused-ring (bicyclic) bond motifs is 1. The highest BCUT2D eigenvalue weighted by molar-refractivity contribution is 8.15. The molecule has 0 bridgehead atoms. The van der Waals surface area contributed by atoms with Crippen LogP contribution in [-0.2, 0) is 17.8 Å².